The lowest BCUT2D eigenvalue weighted by Gasteiger charge is -2.18. The number of carbonyl (C=O) groups is 2. The number of ether oxygens (including phenoxy) is 1. The van der Waals surface area contributed by atoms with Crippen LogP contribution in [-0.4, -0.2) is 44.4 Å². The molecule has 0 aliphatic heterocycles. The van der Waals surface area contributed by atoms with Crippen LogP contribution in [0.2, 0.25) is 0 Å². The van der Waals surface area contributed by atoms with Crippen molar-refractivity contribution in [3.63, 3.8) is 0 Å². The summed E-state index contributed by atoms with van der Waals surface area (Å²) in [6, 6.07) is -1.14. The first-order chi connectivity index (χ1) is 7.74. The number of sulfone groups is 1. The second-order valence-corrected chi connectivity index (χ2v) is 6.29. The molecule has 6 nitrogen and oxygen atoms in total. The van der Waals surface area contributed by atoms with E-state index in [1.54, 1.807) is 13.8 Å². The molecule has 0 aromatic heterocycles. The highest BCUT2D eigenvalue weighted by Crippen LogP contribution is 2.08. The molecular formula is C10H19NO5S. The third-order valence-corrected chi connectivity index (χ3v) is 4.81. The minimum atomic E-state index is -3.43. The molecule has 0 aromatic rings. The molecule has 0 spiro atoms. The van der Waals surface area contributed by atoms with Crippen LogP contribution in [0.4, 0.5) is 0 Å². The molecule has 0 aliphatic rings. The van der Waals surface area contributed by atoms with Crippen molar-refractivity contribution in [1.29, 1.82) is 0 Å². The molecule has 0 saturated heterocycles. The zero-order valence-corrected chi connectivity index (χ0v) is 11.3. The molecule has 0 aliphatic carbocycles. The quantitative estimate of drug-likeness (QED) is 0.676. The molecule has 0 aromatic carbocycles. The van der Waals surface area contributed by atoms with Crippen molar-refractivity contribution in [3.05, 3.63) is 0 Å². The molecule has 100 valence electrons. The van der Waals surface area contributed by atoms with E-state index in [1.165, 1.54) is 6.92 Å². The van der Waals surface area contributed by atoms with Crippen molar-refractivity contribution in [2.75, 3.05) is 12.9 Å². The van der Waals surface area contributed by atoms with Gasteiger partial charge in [0.15, 0.2) is 9.84 Å². The monoisotopic (exact) mass is 265 g/mol. The molecule has 1 N–H and O–H groups in total. The predicted octanol–water partition coefficient (Wildman–Crippen LogP) is -0.123. The lowest BCUT2D eigenvalue weighted by atomic mass is 10.3. The van der Waals surface area contributed by atoms with E-state index in [9.17, 15) is 18.0 Å². The van der Waals surface area contributed by atoms with Crippen LogP contribution in [0, 0.1) is 0 Å². The van der Waals surface area contributed by atoms with Crippen molar-refractivity contribution in [3.8, 4) is 0 Å². The highest BCUT2D eigenvalue weighted by Gasteiger charge is 2.29. The Balaban J connectivity index is 4.86. The minimum Gasteiger partial charge on any atom is -0.467 e. The molecule has 2 atom stereocenters. The molecule has 7 heteroatoms. The first kappa shape index (κ1) is 15.9. The summed E-state index contributed by atoms with van der Waals surface area (Å²) in [5.41, 5.74) is 0. The Bertz CT molecular complexity index is 376. The summed E-state index contributed by atoms with van der Waals surface area (Å²) >= 11 is 0. The molecule has 2 unspecified atom stereocenters. The van der Waals surface area contributed by atoms with Crippen LogP contribution < -0.4 is 5.32 Å². The first-order valence-corrected chi connectivity index (χ1v) is 7.02. The van der Waals surface area contributed by atoms with Crippen LogP contribution in [0.15, 0.2) is 0 Å². The summed E-state index contributed by atoms with van der Waals surface area (Å²) in [6.07, 6.45) is 0.455. The summed E-state index contributed by atoms with van der Waals surface area (Å²) in [5, 5.41) is 1.72. The Morgan fingerprint density at radius 3 is 2.24 bits per heavy atom. The van der Waals surface area contributed by atoms with Gasteiger partial charge in [0, 0.05) is 6.92 Å². The number of methoxy groups -OCH3 is 1. The van der Waals surface area contributed by atoms with E-state index in [1.807, 2.05) is 0 Å². The Morgan fingerprint density at radius 1 is 1.35 bits per heavy atom. The second-order valence-electron chi connectivity index (χ2n) is 3.82. The third-order valence-electron chi connectivity index (χ3n) is 2.45. The number of hydrogen-bond donors (Lipinski definition) is 1. The maximum absolute atomic E-state index is 11.8. The van der Waals surface area contributed by atoms with Gasteiger partial charge < -0.3 is 10.1 Å². The first-order valence-electron chi connectivity index (χ1n) is 5.31. The van der Waals surface area contributed by atoms with Gasteiger partial charge in [-0.1, -0.05) is 6.92 Å². The van der Waals surface area contributed by atoms with Crippen molar-refractivity contribution in [2.45, 2.75) is 38.5 Å². The standard InChI is InChI=1S/C10H19NO5S/c1-5-7(2)17(14,15)6-9(10(13)16-4)11-8(3)12/h7,9H,5-6H2,1-4H3,(H,11,12). The van der Waals surface area contributed by atoms with Gasteiger partial charge in [-0.05, 0) is 13.3 Å². The van der Waals surface area contributed by atoms with Gasteiger partial charge in [0.1, 0.15) is 6.04 Å². The summed E-state index contributed by atoms with van der Waals surface area (Å²) in [5.74, 6) is -1.67. The van der Waals surface area contributed by atoms with Crippen LogP contribution in [-0.2, 0) is 24.2 Å². The molecule has 0 bridgehead atoms. The molecule has 1 amide bonds. The van der Waals surface area contributed by atoms with Crippen LogP contribution in [0.3, 0.4) is 0 Å². The van der Waals surface area contributed by atoms with Gasteiger partial charge >= 0.3 is 5.97 Å². The Kier molecular flexibility index (Phi) is 6.15. The number of esters is 1. The van der Waals surface area contributed by atoms with Gasteiger partial charge in [-0.15, -0.1) is 0 Å². The second kappa shape index (κ2) is 6.58. The zero-order valence-electron chi connectivity index (χ0n) is 10.5. The molecule has 0 saturated carbocycles. The van der Waals surface area contributed by atoms with E-state index < -0.39 is 38.8 Å². The van der Waals surface area contributed by atoms with Gasteiger partial charge in [0.2, 0.25) is 5.91 Å². The Labute approximate surface area is 102 Å². The molecule has 0 rings (SSSR count). The third kappa shape index (κ3) is 5.16. The Hall–Kier alpha value is -1.11. The van der Waals surface area contributed by atoms with Crippen molar-refractivity contribution < 1.29 is 22.7 Å². The van der Waals surface area contributed by atoms with E-state index in [-0.39, 0.29) is 0 Å². The van der Waals surface area contributed by atoms with E-state index in [0.717, 1.165) is 7.11 Å². The lowest BCUT2D eigenvalue weighted by Crippen LogP contribution is -2.46. The van der Waals surface area contributed by atoms with Crippen molar-refractivity contribution in [1.82, 2.24) is 5.32 Å². The fourth-order valence-electron chi connectivity index (χ4n) is 1.21. The Morgan fingerprint density at radius 2 is 1.88 bits per heavy atom. The summed E-state index contributed by atoms with van der Waals surface area (Å²) in [4.78, 5) is 22.2. The van der Waals surface area contributed by atoms with E-state index in [0.29, 0.717) is 6.42 Å². The van der Waals surface area contributed by atoms with E-state index >= 15 is 0 Å². The molecule has 0 radical (unpaired) electrons. The number of hydrogen-bond acceptors (Lipinski definition) is 5. The van der Waals surface area contributed by atoms with Crippen molar-refractivity contribution >= 4 is 21.7 Å². The topological polar surface area (TPSA) is 89.5 Å². The van der Waals surface area contributed by atoms with E-state index in [4.69, 9.17) is 0 Å². The number of rotatable bonds is 6. The lowest BCUT2D eigenvalue weighted by molar-refractivity contribution is -0.144. The summed E-state index contributed by atoms with van der Waals surface area (Å²) < 4.78 is 28.1. The van der Waals surface area contributed by atoms with Gasteiger partial charge in [-0.3, -0.25) is 4.79 Å². The number of amides is 1. The maximum atomic E-state index is 11.8. The minimum absolute atomic E-state index is 0.436. The number of carbonyl (C=O) groups excluding carboxylic acids is 2. The fraction of sp³-hybridized carbons (Fsp3) is 0.800. The molecular weight excluding hydrogens is 246 g/mol. The van der Waals surface area contributed by atoms with Crippen molar-refractivity contribution in [2.24, 2.45) is 0 Å². The average molecular weight is 265 g/mol. The van der Waals surface area contributed by atoms with Crippen LogP contribution in [0.5, 0.6) is 0 Å². The van der Waals surface area contributed by atoms with Crippen LogP contribution in [0.25, 0.3) is 0 Å². The van der Waals surface area contributed by atoms with Crippen LogP contribution >= 0.6 is 0 Å². The van der Waals surface area contributed by atoms with Gasteiger partial charge in [0.05, 0.1) is 18.1 Å². The smallest absolute Gasteiger partial charge is 0.329 e. The fourth-order valence-corrected chi connectivity index (χ4v) is 2.73. The van der Waals surface area contributed by atoms with Crippen LogP contribution in [0.1, 0.15) is 27.2 Å². The SMILES string of the molecule is CCC(C)S(=O)(=O)CC(NC(C)=O)C(=O)OC. The highest BCUT2D eigenvalue weighted by atomic mass is 32.2. The molecule has 0 fully saturated rings. The van der Waals surface area contributed by atoms with Gasteiger partial charge in [-0.2, -0.15) is 0 Å². The summed E-state index contributed by atoms with van der Waals surface area (Å²) in [7, 11) is -2.28. The zero-order chi connectivity index (χ0) is 13.6. The molecule has 17 heavy (non-hydrogen) atoms. The molecule has 0 heterocycles. The maximum Gasteiger partial charge on any atom is 0.329 e. The summed E-state index contributed by atoms with van der Waals surface area (Å²) in [6.45, 7) is 4.52. The normalized spacial score (nSPS) is 14.8. The van der Waals surface area contributed by atoms with E-state index in [2.05, 4.69) is 10.1 Å². The average Bonchev–Trinajstić information content (AvgIpc) is 2.24. The largest absolute Gasteiger partial charge is 0.467 e. The number of nitrogens with one attached hydrogen (secondary N) is 1. The van der Waals surface area contributed by atoms with Gasteiger partial charge in [-0.25, -0.2) is 13.2 Å². The van der Waals surface area contributed by atoms with Gasteiger partial charge in [0.25, 0.3) is 0 Å². The highest BCUT2D eigenvalue weighted by molar-refractivity contribution is 7.92. The predicted molar refractivity (Wildman–Crippen MR) is 63.2 cm³/mol.